The maximum absolute atomic E-state index is 9.57. The van der Waals surface area contributed by atoms with Crippen LogP contribution < -0.4 is 10.2 Å². The van der Waals surface area contributed by atoms with Gasteiger partial charge in [0.2, 0.25) is 5.69 Å². The van der Waals surface area contributed by atoms with Crippen LogP contribution in [0, 0.1) is 6.57 Å². The van der Waals surface area contributed by atoms with Gasteiger partial charge in [-0.25, -0.2) is 4.85 Å². The van der Waals surface area contributed by atoms with Crippen molar-refractivity contribution < 1.29 is 14.4 Å². The molecule has 104 valence electrons. The number of hydrogen-bond acceptors (Lipinski definition) is 3. The first kappa shape index (κ1) is 14.2. The number of ether oxygens (including phenoxy) is 1. The number of hydrogen-bond donors (Lipinski definition) is 1. The summed E-state index contributed by atoms with van der Waals surface area (Å²) in [6.07, 6.45) is 0. The molecule has 1 aliphatic rings. The van der Waals surface area contributed by atoms with Gasteiger partial charge in [-0.15, -0.1) is 0 Å². The predicted molar refractivity (Wildman–Crippen MR) is 81.6 cm³/mol. The van der Waals surface area contributed by atoms with Crippen molar-refractivity contribution in [3.05, 3.63) is 57.4 Å². The maximum atomic E-state index is 9.57. The van der Waals surface area contributed by atoms with E-state index in [9.17, 15) is 5.02 Å². The molecule has 0 spiro atoms. The highest BCUT2D eigenvalue weighted by Crippen LogP contribution is 2.38. The molecule has 2 aromatic rings. The zero-order valence-corrected chi connectivity index (χ0v) is 12.1. The van der Waals surface area contributed by atoms with Gasteiger partial charge in [0.1, 0.15) is 11.5 Å². The Morgan fingerprint density at radius 1 is 1.19 bits per heavy atom. The van der Waals surface area contributed by atoms with Gasteiger partial charge in [0.05, 0.1) is 23.2 Å². The first-order valence-electron chi connectivity index (χ1n) is 6.05. The predicted octanol–water partition coefficient (Wildman–Crippen LogP) is 3.55. The Bertz CT molecular complexity index is 737. The topological polar surface area (TPSA) is 43.0 Å². The average molecular weight is 320 g/mol. The normalized spacial score (nSPS) is 13.0. The zero-order valence-electron chi connectivity index (χ0n) is 10.6. The highest BCUT2D eigenvalue weighted by molar-refractivity contribution is 6.61. The van der Waals surface area contributed by atoms with Gasteiger partial charge in [-0.3, -0.25) is 0 Å². The van der Waals surface area contributed by atoms with E-state index in [1.54, 1.807) is 30.3 Å². The maximum Gasteiger partial charge on any atom is 0.491 e. The van der Waals surface area contributed by atoms with Crippen molar-refractivity contribution in [1.82, 2.24) is 0 Å². The highest BCUT2D eigenvalue weighted by atomic mass is 35.5. The molecule has 3 rings (SSSR count). The highest BCUT2D eigenvalue weighted by Gasteiger charge is 2.27. The summed E-state index contributed by atoms with van der Waals surface area (Å²) in [5.74, 6) is 1.02. The average Bonchev–Trinajstić information content (AvgIpc) is 2.80. The molecule has 4 nitrogen and oxygen atoms in total. The quantitative estimate of drug-likeness (QED) is 0.680. The van der Waals surface area contributed by atoms with Crippen LogP contribution in [0.2, 0.25) is 10.0 Å². The molecule has 1 heterocycles. The van der Waals surface area contributed by atoms with Crippen LogP contribution in [0.15, 0.2) is 30.3 Å². The van der Waals surface area contributed by atoms with Crippen molar-refractivity contribution in [3.8, 4) is 11.5 Å². The zero-order chi connectivity index (χ0) is 15.0. The molecule has 2 aromatic carbocycles. The van der Waals surface area contributed by atoms with Gasteiger partial charge in [-0.2, -0.15) is 0 Å². The van der Waals surface area contributed by atoms with Gasteiger partial charge < -0.3 is 14.4 Å². The van der Waals surface area contributed by atoms with Crippen LogP contribution >= 0.6 is 23.2 Å². The summed E-state index contributed by atoms with van der Waals surface area (Å²) >= 11 is 12.0. The summed E-state index contributed by atoms with van der Waals surface area (Å²) in [6, 6.07) is 8.34. The third kappa shape index (κ3) is 2.72. The molecule has 0 radical (unpaired) electrons. The fourth-order valence-corrected chi connectivity index (χ4v) is 2.67. The van der Waals surface area contributed by atoms with Crippen molar-refractivity contribution in [1.29, 1.82) is 0 Å². The minimum atomic E-state index is -0.879. The van der Waals surface area contributed by atoms with Crippen LogP contribution in [-0.4, -0.2) is 12.1 Å². The molecule has 0 saturated carbocycles. The molecule has 0 aromatic heterocycles. The third-order valence-corrected chi connectivity index (χ3v) is 3.69. The first-order chi connectivity index (χ1) is 10.1. The molecule has 0 aliphatic carbocycles. The number of nitrogens with zero attached hydrogens (tertiary/aromatic N) is 1. The van der Waals surface area contributed by atoms with Crippen LogP contribution in [0.4, 0.5) is 5.69 Å². The number of fused-ring (bicyclic) bond motifs is 1. The van der Waals surface area contributed by atoms with Gasteiger partial charge in [0, 0.05) is 0 Å². The second kappa shape index (κ2) is 5.59. The molecule has 0 atom stereocenters. The summed E-state index contributed by atoms with van der Waals surface area (Å²) in [7, 11) is -0.879. The number of halogens is 2. The van der Waals surface area contributed by atoms with Crippen molar-refractivity contribution >= 4 is 41.5 Å². The fraction of sp³-hybridized carbons (Fsp3) is 0.0714. The Morgan fingerprint density at radius 3 is 2.57 bits per heavy atom. The van der Waals surface area contributed by atoms with E-state index in [-0.39, 0.29) is 15.7 Å². The van der Waals surface area contributed by atoms with Crippen molar-refractivity contribution in [2.24, 2.45) is 0 Å². The van der Waals surface area contributed by atoms with Crippen LogP contribution in [-0.2, 0) is 11.3 Å². The molecular formula is C14H8BCl2NO3. The molecule has 21 heavy (non-hydrogen) atoms. The largest absolute Gasteiger partial charge is 0.491 e. The monoisotopic (exact) mass is 319 g/mol. The lowest BCUT2D eigenvalue weighted by Crippen LogP contribution is -2.27. The van der Waals surface area contributed by atoms with Gasteiger partial charge in [0.25, 0.3) is 0 Å². The lowest BCUT2D eigenvalue weighted by Gasteiger charge is -2.09. The lowest BCUT2D eigenvalue weighted by atomic mass is 9.80. The van der Waals surface area contributed by atoms with E-state index < -0.39 is 7.12 Å². The van der Waals surface area contributed by atoms with Crippen molar-refractivity contribution in [2.45, 2.75) is 6.61 Å². The van der Waals surface area contributed by atoms with E-state index >= 15 is 0 Å². The fourth-order valence-electron chi connectivity index (χ4n) is 2.11. The molecule has 0 bridgehead atoms. The second-order valence-corrected chi connectivity index (χ2v) is 5.29. The van der Waals surface area contributed by atoms with Gasteiger partial charge in [-0.05, 0) is 35.3 Å². The molecule has 0 saturated heterocycles. The van der Waals surface area contributed by atoms with Gasteiger partial charge in [-0.1, -0.05) is 29.3 Å². The molecule has 0 fully saturated rings. The second-order valence-electron chi connectivity index (χ2n) is 4.47. The Labute approximate surface area is 131 Å². The molecule has 0 unspecified atom stereocenters. The minimum absolute atomic E-state index is 0.205. The summed E-state index contributed by atoms with van der Waals surface area (Å²) in [6.45, 7) is 7.34. The summed E-state index contributed by atoms with van der Waals surface area (Å²) in [5, 5.41) is 10.1. The number of benzene rings is 2. The standard InChI is InChI=1S/C14H8BCl2NO3/c1-18-14-12(16)5-10(6-13(14)17)21-9-2-3-11-8(4-9)7-20-15(11)19/h2-6,19H,7H2. The first-order valence-corrected chi connectivity index (χ1v) is 6.81. The summed E-state index contributed by atoms with van der Waals surface area (Å²) in [5.41, 5.74) is 1.81. The Kier molecular flexibility index (Phi) is 3.79. The molecular weight excluding hydrogens is 312 g/mol. The third-order valence-electron chi connectivity index (χ3n) is 3.12. The lowest BCUT2D eigenvalue weighted by molar-refractivity contribution is 0.275. The van der Waals surface area contributed by atoms with Crippen LogP contribution in [0.5, 0.6) is 11.5 Å². The molecule has 7 heteroatoms. The van der Waals surface area contributed by atoms with Crippen LogP contribution in [0.25, 0.3) is 4.85 Å². The SMILES string of the molecule is [C-]#[N+]c1c(Cl)cc(Oc2ccc3c(c2)COB3O)cc1Cl. The smallest absolute Gasteiger partial charge is 0.457 e. The summed E-state index contributed by atoms with van der Waals surface area (Å²) in [4.78, 5) is 3.26. The van der Waals surface area contributed by atoms with E-state index in [0.717, 1.165) is 11.0 Å². The van der Waals surface area contributed by atoms with Crippen molar-refractivity contribution in [3.63, 3.8) is 0 Å². The van der Waals surface area contributed by atoms with Crippen molar-refractivity contribution in [2.75, 3.05) is 0 Å². The minimum Gasteiger partial charge on any atom is -0.457 e. The Hall–Kier alpha value is -1.71. The van der Waals surface area contributed by atoms with E-state index in [0.29, 0.717) is 18.1 Å². The molecule has 0 amide bonds. The Balaban J connectivity index is 1.90. The van der Waals surface area contributed by atoms with Gasteiger partial charge >= 0.3 is 7.12 Å². The summed E-state index contributed by atoms with van der Waals surface area (Å²) < 4.78 is 10.8. The van der Waals surface area contributed by atoms with E-state index in [2.05, 4.69) is 4.85 Å². The number of rotatable bonds is 2. The van der Waals surface area contributed by atoms with Crippen LogP contribution in [0.1, 0.15) is 5.56 Å². The van der Waals surface area contributed by atoms with Gasteiger partial charge in [0.15, 0.2) is 0 Å². The van der Waals surface area contributed by atoms with E-state index in [1.165, 1.54) is 0 Å². The molecule has 1 N–H and O–H groups in total. The Morgan fingerprint density at radius 2 is 1.90 bits per heavy atom. The van der Waals surface area contributed by atoms with Crippen LogP contribution in [0.3, 0.4) is 0 Å². The molecule has 1 aliphatic heterocycles. The van der Waals surface area contributed by atoms with E-state index in [1.807, 2.05) is 0 Å². The van der Waals surface area contributed by atoms with E-state index in [4.69, 9.17) is 39.2 Å².